The Morgan fingerprint density at radius 2 is 1.94 bits per heavy atom. The van der Waals surface area contributed by atoms with Crippen molar-refractivity contribution in [2.45, 2.75) is 25.3 Å². The van der Waals surface area contributed by atoms with Crippen LogP contribution < -0.4 is 10.6 Å². The van der Waals surface area contributed by atoms with Crippen LogP contribution >= 0.6 is 23.2 Å². The van der Waals surface area contributed by atoms with E-state index in [1.807, 2.05) is 0 Å². The summed E-state index contributed by atoms with van der Waals surface area (Å²) in [6.07, 6.45) is 2.59. The van der Waals surface area contributed by atoms with Gasteiger partial charge in [-0.15, -0.1) is 0 Å². The van der Waals surface area contributed by atoms with Crippen molar-refractivity contribution >= 4 is 34.8 Å². The number of benzene rings is 1. The van der Waals surface area contributed by atoms with Crippen LogP contribution in [0.5, 0.6) is 0 Å². The number of halogens is 3. The van der Waals surface area contributed by atoms with E-state index in [2.05, 4.69) is 10.6 Å². The highest BCUT2D eigenvalue weighted by atomic mass is 35.5. The molecule has 0 aromatic heterocycles. The Balaban J connectivity index is 2.20. The zero-order valence-corrected chi connectivity index (χ0v) is 11.1. The highest BCUT2D eigenvalue weighted by molar-refractivity contribution is 6.39. The van der Waals surface area contributed by atoms with Crippen LogP contribution in [0, 0.1) is 5.82 Å². The summed E-state index contributed by atoms with van der Waals surface area (Å²) < 4.78 is 13.1. The number of carbonyl (C=O) groups excluding carboxylic acids is 1. The van der Waals surface area contributed by atoms with Crippen LogP contribution in [-0.2, 0) is 4.79 Å². The third kappa shape index (κ3) is 3.06. The summed E-state index contributed by atoms with van der Waals surface area (Å²) >= 11 is 11.8. The average molecular weight is 291 g/mol. The lowest BCUT2D eigenvalue weighted by molar-refractivity contribution is -0.121. The molecule has 0 bridgehead atoms. The molecular formula is C12H13Cl2FN2O. The molecule has 1 aromatic carbocycles. The van der Waals surface area contributed by atoms with Gasteiger partial charge in [-0.1, -0.05) is 23.2 Å². The first-order chi connectivity index (χ1) is 8.58. The molecule has 1 atom stereocenters. The zero-order chi connectivity index (χ0) is 13.1. The maximum atomic E-state index is 13.1. The molecule has 0 spiro atoms. The Bertz CT molecular complexity index is 444. The van der Waals surface area contributed by atoms with Gasteiger partial charge in [0.05, 0.1) is 15.7 Å². The van der Waals surface area contributed by atoms with Crippen LogP contribution in [0.2, 0.25) is 10.0 Å². The van der Waals surface area contributed by atoms with E-state index in [0.717, 1.165) is 12.8 Å². The highest BCUT2D eigenvalue weighted by Crippen LogP contribution is 2.32. The number of carbonyl (C=O) groups is 1. The molecule has 0 radical (unpaired) electrons. The van der Waals surface area contributed by atoms with Crippen molar-refractivity contribution in [2.75, 3.05) is 11.9 Å². The summed E-state index contributed by atoms with van der Waals surface area (Å²) in [5.74, 6) is -0.579. The summed E-state index contributed by atoms with van der Waals surface area (Å²) in [4.78, 5) is 11.8. The fourth-order valence-corrected chi connectivity index (χ4v) is 2.50. The van der Waals surface area contributed by atoms with Crippen molar-refractivity contribution in [3.63, 3.8) is 0 Å². The van der Waals surface area contributed by atoms with E-state index in [-0.39, 0.29) is 22.0 Å². The normalized spacial score (nSPS) is 20.2. The molecule has 1 unspecified atom stereocenters. The second-order valence-electron chi connectivity index (χ2n) is 4.23. The van der Waals surface area contributed by atoms with Gasteiger partial charge in [0.2, 0.25) is 5.91 Å². The first-order valence-corrected chi connectivity index (χ1v) is 6.52. The number of nitrogens with one attached hydrogen (secondary N) is 2. The third-order valence-electron chi connectivity index (χ3n) is 2.86. The second kappa shape index (κ2) is 5.76. The predicted octanol–water partition coefficient (Wildman–Crippen LogP) is 3.21. The Kier molecular flexibility index (Phi) is 4.30. The average Bonchev–Trinajstić information content (AvgIpc) is 2.49. The monoisotopic (exact) mass is 290 g/mol. The van der Waals surface area contributed by atoms with Gasteiger partial charge in [0, 0.05) is 6.54 Å². The molecule has 18 heavy (non-hydrogen) atoms. The lowest BCUT2D eigenvalue weighted by Gasteiger charge is -2.18. The predicted molar refractivity (Wildman–Crippen MR) is 70.7 cm³/mol. The summed E-state index contributed by atoms with van der Waals surface area (Å²) in [5, 5.41) is 6.15. The number of rotatable bonds is 2. The molecule has 6 heteroatoms. The molecule has 1 fully saturated rings. The Labute approximate surface area is 115 Å². The van der Waals surface area contributed by atoms with Crippen LogP contribution in [0.4, 0.5) is 10.1 Å². The van der Waals surface area contributed by atoms with Crippen LogP contribution in [0.1, 0.15) is 19.3 Å². The maximum Gasteiger partial charge on any atom is 0.242 e. The number of hydrogen-bond acceptors (Lipinski definition) is 2. The molecule has 1 aliphatic heterocycles. The first-order valence-electron chi connectivity index (χ1n) is 5.76. The largest absolute Gasteiger partial charge is 0.371 e. The van der Waals surface area contributed by atoms with Crippen molar-refractivity contribution in [1.29, 1.82) is 0 Å². The van der Waals surface area contributed by atoms with Gasteiger partial charge in [-0.05, 0) is 31.4 Å². The van der Waals surface area contributed by atoms with Crippen molar-refractivity contribution < 1.29 is 9.18 Å². The van der Waals surface area contributed by atoms with Crippen LogP contribution in [0.15, 0.2) is 12.1 Å². The minimum Gasteiger partial charge on any atom is -0.371 e. The fourth-order valence-electron chi connectivity index (χ4n) is 1.93. The number of hydrogen-bond donors (Lipinski definition) is 2. The van der Waals surface area contributed by atoms with Crippen LogP contribution in [-0.4, -0.2) is 18.5 Å². The summed E-state index contributed by atoms with van der Waals surface area (Å²) in [7, 11) is 0. The van der Waals surface area contributed by atoms with E-state index in [0.29, 0.717) is 18.7 Å². The molecule has 2 N–H and O–H groups in total. The molecule has 0 saturated carbocycles. The van der Waals surface area contributed by atoms with Crippen LogP contribution in [0.3, 0.4) is 0 Å². The van der Waals surface area contributed by atoms with Gasteiger partial charge < -0.3 is 10.6 Å². The summed E-state index contributed by atoms with van der Waals surface area (Å²) in [6, 6.07) is 1.96. The molecule has 1 aliphatic rings. The Morgan fingerprint density at radius 3 is 2.61 bits per heavy atom. The molecule has 3 nitrogen and oxygen atoms in total. The van der Waals surface area contributed by atoms with E-state index >= 15 is 0 Å². The standard InChI is InChI=1S/C12H13Cl2FN2O/c13-8-5-7(15)6-9(14)11(8)17-10-3-1-2-4-16-12(10)18/h5-6,10,17H,1-4H2,(H,16,18). The smallest absolute Gasteiger partial charge is 0.242 e. The van der Waals surface area contributed by atoms with Crippen molar-refractivity contribution in [2.24, 2.45) is 0 Å². The lowest BCUT2D eigenvalue weighted by atomic mass is 10.1. The van der Waals surface area contributed by atoms with Gasteiger partial charge in [0.15, 0.2) is 0 Å². The fraction of sp³-hybridized carbons (Fsp3) is 0.417. The van der Waals surface area contributed by atoms with Crippen LogP contribution in [0.25, 0.3) is 0 Å². The van der Waals surface area contributed by atoms with E-state index in [1.165, 1.54) is 12.1 Å². The van der Waals surface area contributed by atoms with Gasteiger partial charge in [-0.2, -0.15) is 0 Å². The third-order valence-corrected chi connectivity index (χ3v) is 3.46. The number of amides is 1. The van der Waals surface area contributed by atoms with Gasteiger partial charge in [0.25, 0.3) is 0 Å². The molecule has 98 valence electrons. The molecule has 1 aromatic rings. The van der Waals surface area contributed by atoms with Gasteiger partial charge in [0.1, 0.15) is 11.9 Å². The topological polar surface area (TPSA) is 41.1 Å². The van der Waals surface area contributed by atoms with Crippen molar-refractivity contribution in [3.8, 4) is 0 Å². The van der Waals surface area contributed by atoms with E-state index in [1.54, 1.807) is 0 Å². The molecule has 0 aliphatic carbocycles. The lowest BCUT2D eigenvalue weighted by Crippen LogP contribution is -2.38. The van der Waals surface area contributed by atoms with E-state index in [9.17, 15) is 9.18 Å². The van der Waals surface area contributed by atoms with E-state index in [4.69, 9.17) is 23.2 Å². The van der Waals surface area contributed by atoms with Gasteiger partial charge in [-0.25, -0.2) is 4.39 Å². The molecule has 1 amide bonds. The van der Waals surface area contributed by atoms with E-state index < -0.39 is 5.82 Å². The minimum atomic E-state index is -0.499. The quantitative estimate of drug-likeness (QED) is 0.878. The zero-order valence-electron chi connectivity index (χ0n) is 9.60. The Hall–Kier alpha value is -1.00. The Morgan fingerprint density at radius 1 is 1.28 bits per heavy atom. The van der Waals surface area contributed by atoms with Gasteiger partial charge in [-0.3, -0.25) is 4.79 Å². The summed E-state index contributed by atoms with van der Waals surface area (Å²) in [5.41, 5.74) is 0.404. The van der Waals surface area contributed by atoms with Gasteiger partial charge >= 0.3 is 0 Å². The maximum absolute atomic E-state index is 13.1. The van der Waals surface area contributed by atoms with Crippen molar-refractivity contribution in [1.82, 2.24) is 5.32 Å². The number of anilines is 1. The SMILES string of the molecule is O=C1NCCCCC1Nc1c(Cl)cc(F)cc1Cl. The highest BCUT2D eigenvalue weighted by Gasteiger charge is 2.22. The molecule has 1 saturated heterocycles. The first kappa shape index (κ1) is 13.4. The summed E-state index contributed by atoms with van der Waals surface area (Å²) in [6.45, 7) is 0.682. The molecule has 1 heterocycles. The second-order valence-corrected chi connectivity index (χ2v) is 5.04. The molecule has 2 rings (SSSR count). The minimum absolute atomic E-state index is 0.0797. The van der Waals surface area contributed by atoms with Crippen molar-refractivity contribution in [3.05, 3.63) is 28.0 Å². The molecular weight excluding hydrogens is 278 g/mol.